The van der Waals surface area contributed by atoms with Crippen LogP contribution < -0.4 is 0 Å². The van der Waals surface area contributed by atoms with Gasteiger partial charge in [0, 0.05) is 0 Å². The highest BCUT2D eigenvalue weighted by atomic mass is 16.6. The van der Waals surface area contributed by atoms with Crippen LogP contribution in [0.2, 0.25) is 0 Å². The third kappa shape index (κ3) is 11.5. The summed E-state index contributed by atoms with van der Waals surface area (Å²) in [4.78, 5) is 0. The molecule has 0 spiro atoms. The molecule has 1 heterocycles. The highest BCUT2D eigenvalue weighted by molar-refractivity contribution is 5.09. The summed E-state index contributed by atoms with van der Waals surface area (Å²) in [6.07, 6.45) is 9.04. The van der Waals surface area contributed by atoms with Gasteiger partial charge in [0.15, 0.2) is 0 Å². The van der Waals surface area contributed by atoms with E-state index in [1.807, 2.05) is 13.8 Å². The van der Waals surface area contributed by atoms with Crippen LogP contribution in [0.4, 0.5) is 0 Å². The Balaban J connectivity index is 0.00000151. The Morgan fingerprint density at radius 2 is 0.840 bits per heavy atom. The predicted molar refractivity (Wildman–Crippen MR) is 97.0 cm³/mol. The van der Waals surface area contributed by atoms with Crippen molar-refractivity contribution >= 4 is 0 Å². The van der Waals surface area contributed by atoms with Crippen LogP contribution in [0.3, 0.4) is 0 Å². The smallest absolute Gasteiger partial charge is 0.105 e. The van der Waals surface area contributed by atoms with Gasteiger partial charge in [-0.25, -0.2) is 0 Å². The van der Waals surface area contributed by atoms with Crippen molar-refractivity contribution in [2.75, 3.05) is 66.1 Å². The molecular weight excluding hydrogens is 324 g/mol. The Bertz CT molecular complexity index is 313. The molecule has 0 saturated carbocycles. The highest BCUT2D eigenvalue weighted by Gasteiger charge is 2.19. The first-order chi connectivity index (χ1) is 12.5. The van der Waals surface area contributed by atoms with Crippen LogP contribution in [0.1, 0.15) is 20.3 Å². The van der Waals surface area contributed by atoms with Crippen LogP contribution >= 0.6 is 0 Å². The molecule has 146 valence electrons. The van der Waals surface area contributed by atoms with Crippen molar-refractivity contribution in [2.24, 2.45) is 0 Å². The van der Waals surface area contributed by atoms with E-state index < -0.39 is 0 Å². The van der Waals surface area contributed by atoms with Crippen LogP contribution in [0.15, 0.2) is 24.3 Å². The Hall–Kier alpha value is -0.760. The fraction of sp³-hybridized carbons (Fsp3) is 0.789. The van der Waals surface area contributed by atoms with Crippen LogP contribution in [0.5, 0.6) is 0 Å². The number of allylic oxidation sites excluding steroid dienone is 2. The van der Waals surface area contributed by atoms with Crippen LogP contribution in [-0.4, -0.2) is 78.3 Å². The number of ether oxygens (including phenoxy) is 6. The van der Waals surface area contributed by atoms with Crippen molar-refractivity contribution in [1.82, 2.24) is 0 Å². The van der Waals surface area contributed by atoms with E-state index in [4.69, 9.17) is 28.4 Å². The van der Waals surface area contributed by atoms with E-state index in [9.17, 15) is 0 Å². The lowest BCUT2D eigenvalue weighted by molar-refractivity contribution is -0.0680. The van der Waals surface area contributed by atoms with Gasteiger partial charge in [-0.1, -0.05) is 38.2 Å². The summed E-state index contributed by atoms with van der Waals surface area (Å²) in [5, 5.41) is 0. The van der Waals surface area contributed by atoms with Crippen LogP contribution in [-0.2, 0) is 28.4 Å². The van der Waals surface area contributed by atoms with E-state index in [1.54, 1.807) is 0 Å². The Morgan fingerprint density at radius 3 is 1.20 bits per heavy atom. The quantitative estimate of drug-likeness (QED) is 0.620. The van der Waals surface area contributed by atoms with Crippen molar-refractivity contribution < 1.29 is 28.4 Å². The molecule has 0 aromatic heterocycles. The molecule has 2 unspecified atom stereocenters. The first-order valence-corrected chi connectivity index (χ1v) is 9.34. The second kappa shape index (κ2) is 16.7. The maximum absolute atomic E-state index is 5.88. The molecule has 1 fully saturated rings. The monoisotopic (exact) mass is 358 g/mol. The molecule has 1 aliphatic heterocycles. The first kappa shape index (κ1) is 22.3. The molecule has 0 amide bonds. The molecule has 25 heavy (non-hydrogen) atoms. The average molecular weight is 358 g/mol. The summed E-state index contributed by atoms with van der Waals surface area (Å²) in [7, 11) is 0. The molecule has 2 atom stereocenters. The van der Waals surface area contributed by atoms with E-state index in [2.05, 4.69) is 24.3 Å². The summed E-state index contributed by atoms with van der Waals surface area (Å²) in [5.74, 6) is 0. The van der Waals surface area contributed by atoms with E-state index in [-0.39, 0.29) is 12.2 Å². The van der Waals surface area contributed by atoms with Gasteiger partial charge >= 0.3 is 0 Å². The molecule has 0 N–H and O–H groups in total. The molecule has 0 radical (unpaired) electrons. The first-order valence-electron chi connectivity index (χ1n) is 9.34. The second-order valence-corrected chi connectivity index (χ2v) is 5.21. The lowest BCUT2D eigenvalue weighted by atomic mass is 10.2. The SMILES string of the molecule is C1=CC2OCCOCCOCCOCCOCCOC2C=CC1.CC. The number of hydrogen-bond acceptors (Lipinski definition) is 6. The third-order valence-corrected chi connectivity index (χ3v) is 3.44. The summed E-state index contributed by atoms with van der Waals surface area (Å²) in [5.41, 5.74) is 0. The van der Waals surface area contributed by atoms with E-state index in [0.717, 1.165) is 6.42 Å². The minimum Gasteiger partial charge on any atom is -0.377 e. The van der Waals surface area contributed by atoms with Crippen molar-refractivity contribution in [3.63, 3.8) is 0 Å². The zero-order chi connectivity index (χ0) is 18.0. The molecule has 6 heteroatoms. The lowest BCUT2D eigenvalue weighted by Gasteiger charge is -2.22. The van der Waals surface area contributed by atoms with E-state index >= 15 is 0 Å². The maximum Gasteiger partial charge on any atom is 0.105 e. The van der Waals surface area contributed by atoms with Gasteiger partial charge in [-0.3, -0.25) is 0 Å². The summed E-state index contributed by atoms with van der Waals surface area (Å²) in [6, 6.07) is 0. The topological polar surface area (TPSA) is 55.4 Å². The lowest BCUT2D eigenvalue weighted by Crippen LogP contribution is -2.30. The second-order valence-electron chi connectivity index (χ2n) is 5.21. The third-order valence-electron chi connectivity index (χ3n) is 3.44. The Morgan fingerprint density at radius 1 is 0.520 bits per heavy atom. The standard InChI is InChI=1S/C17H28O6.C2H6/c1-2-4-16-17(5-3-1)23-15-13-21-11-9-19-7-6-18-8-10-20-12-14-22-16;1-2/h2-5,16-17H,1,6-15H2;1-2H3. The Kier molecular flexibility index (Phi) is 14.9. The maximum atomic E-state index is 5.88. The van der Waals surface area contributed by atoms with E-state index in [0.29, 0.717) is 66.1 Å². The molecule has 1 aliphatic carbocycles. The van der Waals surface area contributed by atoms with Crippen LogP contribution in [0, 0.1) is 0 Å². The molecule has 0 bridgehead atoms. The van der Waals surface area contributed by atoms with Gasteiger partial charge in [-0.15, -0.1) is 0 Å². The molecule has 0 aromatic rings. The number of rotatable bonds is 0. The molecule has 0 aromatic carbocycles. The summed E-state index contributed by atoms with van der Waals surface area (Å²) < 4.78 is 33.6. The molecular formula is C19H34O6. The fourth-order valence-corrected chi connectivity index (χ4v) is 2.27. The summed E-state index contributed by atoms with van der Waals surface area (Å²) in [6.45, 7) is 9.56. The van der Waals surface area contributed by atoms with Crippen LogP contribution in [0.25, 0.3) is 0 Å². The van der Waals surface area contributed by atoms with Gasteiger partial charge in [0.05, 0.1) is 66.1 Å². The van der Waals surface area contributed by atoms with E-state index in [1.165, 1.54) is 0 Å². The largest absolute Gasteiger partial charge is 0.377 e. The van der Waals surface area contributed by atoms with Crippen molar-refractivity contribution in [2.45, 2.75) is 32.5 Å². The molecule has 2 rings (SSSR count). The molecule has 1 saturated heterocycles. The predicted octanol–water partition coefficient (Wildman–Crippen LogP) is 2.38. The van der Waals surface area contributed by atoms with Gasteiger partial charge in [-0.05, 0) is 6.42 Å². The van der Waals surface area contributed by atoms with Gasteiger partial charge in [0.2, 0.25) is 0 Å². The Labute approximate surface area is 152 Å². The minimum atomic E-state index is -0.0872. The van der Waals surface area contributed by atoms with Gasteiger partial charge in [0.25, 0.3) is 0 Å². The fourth-order valence-electron chi connectivity index (χ4n) is 2.27. The number of fused-ring (bicyclic) bond motifs is 1. The average Bonchev–Trinajstić information content (AvgIpc) is 2.87. The van der Waals surface area contributed by atoms with Crippen molar-refractivity contribution in [1.29, 1.82) is 0 Å². The van der Waals surface area contributed by atoms with Gasteiger partial charge in [-0.2, -0.15) is 0 Å². The van der Waals surface area contributed by atoms with Crippen molar-refractivity contribution in [3.05, 3.63) is 24.3 Å². The zero-order valence-electron chi connectivity index (χ0n) is 15.7. The van der Waals surface area contributed by atoms with Gasteiger partial charge < -0.3 is 28.4 Å². The van der Waals surface area contributed by atoms with Crippen molar-refractivity contribution in [3.8, 4) is 0 Å². The minimum absolute atomic E-state index is 0.0872. The summed E-state index contributed by atoms with van der Waals surface area (Å²) >= 11 is 0. The van der Waals surface area contributed by atoms with Gasteiger partial charge in [0.1, 0.15) is 12.2 Å². The molecule has 2 aliphatic rings. The molecule has 6 nitrogen and oxygen atoms in total. The number of hydrogen-bond donors (Lipinski definition) is 0. The highest BCUT2D eigenvalue weighted by Crippen LogP contribution is 2.13. The zero-order valence-corrected chi connectivity index (χ0v) is 15.7. The normalized spacial score (nSPS) is 27.8.